The number of nitrogens with zero attached hydrogens (tertiary/aromatic N) is 1. The molecule has 1 aliphatic carbocycles. The molecule has 0 atom stereocenters. The van der Waals surface area contributed by atoms with Crippen LogP contribution in [-0.4, -0.2) is 19.0 Å². The van der Waals surface area contributed by atoms with Crippen LogP contribution in [0.2, 0.25) is 0 Å². The van der Waals surface area contributed by atoms with E-state index in [9.17, 15) is 0 Å². The molecule has 2 aromatic carbocycles. The Balaban J connectivity index is 0.00000176. The minimum Gasteiger partial charge on any atom is -0.354 e. The van der Waals surface area contributed by atoms with E-state index in [4.69, 9.17) is 0 Å². The van der Waals surface area contributed by atoms with E-state index >= 15 is 0 Å². The third-order valence-electron chi connectivity index (χ3n) is 4.19. The summed E-state index contributed by atoms with van der Waals surface area (Å²) in [4.78, 5) is 4.32. The molecule has 2 aromatic rings. The molecule has 0 radical (unpaired) electrons. The first-order valence-electron chi connectivity index (χ1n) is 7.80. The minimum atomic E-state index is 0. The van der Waals surface area contributed by atoms with Gasteiger partial charge in [-0.25, -0.2) is 0 Å². The summed E-state index contributed by atoms with van der Waals surface area (Å²) in [6, 6.07) is 15.7. The van der Waals surface area contributed by atoms with Crippen molar-refractivity contribution in [2.45, 2.75) is 38.3 Å². The highest BCUT2D eigenvalue weighted by molar-refractivity contribution is 14.0. The highest BCUT2D eigenvalue weighted by atomic mass is 127. The molecule has 0 unspecified atom stereocenters. The summed E-state index contributed by atoms with van der Waals surface area (Å²) < 4.78 is 0. The van der Waals surface area contributed by atoms with Crippen LogP contribution in [0.4, 0.5) is 0 Å². The first-order chi connectivity index (χ1) is 10.3. The highest BCUT2D eigenvalue weighted by Gasteiger charge is 2.15. The number of benzene rings is 2. The quantitative estimate of drug-likeness (QED) is 0.456. The van der Waals surface area contributed by atoms with Crippen molar-refractivity contribution in [2.75, 3.05) is 7.05 Å². The summed E-state index contributed by atoms with van der Waals surface area (Å²) in [6.07, 6.45) is 5.19. The van der Waals surface area contributed by atoms with Gasteiger partial charge in [-0.1, -0.05) is 49.2 Å². The van der Waals surface area contributed by atoms with Crippen LogP contribution in [0.1, 0.15) is 31.2 Å². The fourth-order valence-corrected chi connectivity index (χ4v) is 2.99. The number of hydrogen-bond acceptors (Lipinski definition) is 1. The molecule has 0 saturated heterocycles. The molecule has 3 rings (SSSR count). The maximum absolute atomic E-state index is 4.32. The maximum atomic E-state index is 4.32. The maximum Gasteiger partial charge on any atom is 0.191 e. The third-order valence-corrected chi connectivity index (χ3v) is 4.19. The zero-order valence-corrected chi connectivity index (χ0v) is 15.3. The monoisotopic (exact) mass is 409 g/mol. The Morgan fingerprint density at radius 1 is 1.09 bits per heavy atom. The van der Waals surface area contributed by atoms with Gasteiger partial charge in [-0.15, -0.1) is 24.0 Å². The highest BCUT2D eigenvalue weighted by Crippen LogP contribution is 2.18. The lowest BCUT2D eigenvalue weighted by molar-refractivity contribution is 0.613. The molecule has 1 fully saturated rings. The largest absolute Gasteiger partial charge is 0.354 e. The third kappa shape index (κ3) is 4.35. The van der Waals surface area contributed by atoms with Crippen molar-refractivity contribution in [3.05, 3.63) is 48.0 Å². The van der Waals surface area contributed by atoms with E-state index in [1.54, 1.807) is 0 Å². The van der Waals surface area contributed by atoms with E-state index in [-0.39, 0.29) is 24.0 Å². The van der Waals surface area contributed by atoms with Crippen LogP contribution in [0, 0.1) is 0 Å². The molecule has 3 nitrogen and oxygen atoms in total. The van der Waals surface area contributed by atoms with Crippen molar-refractivity contribution < 1.29 is 0 Å². The summed E-state index contributed by atoms with van der Waals surface area (Å²) in [7, 11) is 1.84. The van der Waals surface area contributed by atoms with Crippen molar-refractivity contribution in [1.29, 1.82) is 0 Å². The molecular weight excluding hydrogens is 385 g/mol. The fourth-order valence-electron chi connectivity index (χ4n) is 2.99. The molecular formula is C18H24IN3. The second kappa shape index (κ2) is 8.36. The number of guanidine groups is 1. The lowest BCUT2D eigenvalue weighted by atomic mass is 10.1. The molecule has 0 amide bonds. The molecule has 1 saturated carbocycles. The van der Waals surface area contributed by atoms with Crippen LogP contribution in [0.3, 0.4) is 0 Å². The van der Waals surface area contributed by atoms with Crippen molar-refractivity contribution in [3.8, 4) is 0 Å². The summed E-state index contributed by atoms with van der Waals surface area (Å²) in [6.45, 7) is 0.803. The van der Waals surface area contributed by atoms with E-state index in [0.717, 1.165) is 12.5 Å². The van der Waals surface area contributed by atoms with E-state index in [1.807, 2.05) is 7.05 Å². The zero-order chi connectivity index (χ0) is 14.5. The Hall–Kier alpha value is -1.30. The van der Waals surface area contributed by atoms with E-state index < -0.39 is 0 Å². The number of halogens is 1. The van der Waals surface area contributed by atoms with Crippen molar-refractivity contribution in [3.63, 3.8) is 0 Å². The predicted molar refractivity (Wildman–Crippen MR) is 105 cm³/mol. The molecule has 118 valence electrons. The van der Waals surface area contributed by atoms with Crippen LogP contribution in [-0.2, 0) is 6.54 Å². The van der Waals surface area contributed by atoms with Gasteiger partial charge in [0.05, 0.1) is 0 Å². The Morgan fingerprint density at radius 3 is 2.55 bits per heavy atom. The molecule has 0 aromatic heterocycles. The Morgan fingerprint density at radius 2 is 1.82 bits per heavy atom. The van der Waals surface area contributed by atoms with Gasteiger partial charge in [0.2, 0.25) is 0 Å². The minimum absolute atomic E-state index is 0. The average Bonchev–Trinajstić information content (AvgIpc) is 3.04. The van der Waals surface area contributed by atoms with Gasteiger partial charge in [-0.2, -0.15) is 0 Å². The van der Waals surface area contributed by atoms with Crippen LogP contribution >= 0.6 is 24.0 Å². The van der Waals surface area contributed by atoms with Gasteiger partial charge >= 0.3 is 0 Å². The molecule has 2 N–H and O–H groups in total. The number of hydrogen-bond donors (Lipinski definition) is 2. The van der Waals surface area contributed by atoms with Gasteiger partial charge in [0, 0.05) is 19.6 Å². The Labute approximate surface area is 149 Å². The SMILES string of the molecule is CN=C(NCc1ccc2ccccc2c1)NC1CCCC1.I. The second-order valence-corrected chi connectivity index (χ2v) is 5.73. The Kier molecular flexibility index (Phi) is 6.49. The lowest BCUT2D eigenvalue weighted by Gasteiger charge is -2.17. The van der Waals surface area contributed by atoms with Gasteiger partial charge in [0.1, 0.15) is 0 Å². The van der Waals surface area contributed by atoms with Crippen LogP contribution in [0.15, 0.2) is 47.5 Å². The van der Waals surface area contributed by atoms with Crippen LogP contribution < -0.4 is 10.6 Å². The summed E-state index contributed by atoms with van der Waals surface area (Å²) in [5, 5.41) is 9.50. The average molecular weight is 409 g/mol. The topological polar surface area (TPSA) is 36.4 Å². The van der Waals surface area contributed by atoms with Crippen molar-refractivity contribution in [2.24, 2.45) is 4.99 Å². The predicted octanol–water partition coefficient (Wildman–Crippen LogP) is 4.07. The number of aliphatic imine (C=N–C) groups is 1. The van der Waals surface area contributed by atoms with Gasteiger partial charge in [-0.05, 0) is 35.2 Å². The fraction of sp³-hybridized carbons (Fsp3) is 0.389. The van der Waals surface area contributed by atoms with E-state index in [2.05, 4.69) is 58.1 Å². The lowest BCUT2D eigenvalue weighted by Crippen LogP contribution is -2.41. The summed E-state index contributed by atoms with van der Waals surface area (Å²) in [5.41, 5.74) is 1.28. The summed E-state index contributed by atoms with van der Waals surface area (Å²) >= 11 is 0. The molecule has 22 heavy (non-hydrogen) atoms. The summed E-state index contributed by atoms with van der Waals surface area (Å²) in [5.74, 6) is 0.912. The van der Waals surface area contributed by atoms with Crippen LogP contribution in [0.5, 0.6) is 0 Å². The van der Waals surface area contributed by atoms with Gasteiger partial charge in [0.15, 0.2) is 5.96 Å². The van der Waals surface area contributed by atoms with Crippen LogP contribution in [0.25, 0.3) is 10.8 Å². The normalized spacial score (nSPS) is 15.6. The van der Waals surface area contributed by atoms with E-state index in [1.165, 1.54) is 42.0 Å². The Bertz CT molecular complexity index is 633. The zero-order valence-electron chi connectivity index (χ0n) is 13.0. The molecule has 0 aliphatic heterocycles. The van der Waals surface area contributed by atoms with Crippen molar-refractivity contribution >= 4 is 40.7 Å². The first-order valence-corrected chi connectivity index (χ1v) is 7.80. The molecule has 0 heterocycles. The molecule has 0 bridgehead atoms. The van der Waals surface area contributed by atoms with Gasteiger partial charge < -0.3 is 10.6 Å². The standard InChI is InChI=1S/C18H23N3.HI/c1-19-18(21-17-8-4-5-9-17)20-13-14-10-11-15-6-2-3-7-16(15)12-14;/h2-3,6-7,10-12,17H,4-5,8-9,13H2,1H3,(H2,19,20,21);1H. The molecule has 1 aliphatic rings. The van der Waals surface area contributed by atoms with Crippen molar-refractivity contribution in [1.82, 2.24) is 10.6 Å². The van der Waals surface area contributed by atoms with E-state index in [0.29, 0.717) is 6.04 Å². The number of rotatable bonds is 3. The smallest absolute Gasteiger partial charge is 0.191 e. The second-order valence-electron chi connectivity index (χ2n) is 5.73. The number of fused-ring (bicyclic) bond motifs is 1. The molecule has 4 heteroatoms. The van der Waals surface area contributed by atoms with Gasteiger partial charge in [0.25, 0.3) is 0 Å². The molecule has 0 spiro atoms. The number of nitrogens with one attached hydrogen (secondary N) is 2. The first kappa shape index (κ1) is 17.1. The van der Waals surface area contributed by atoms with Gasteiger partial charge in [-0.3, -0.25) is 4.99 Å².